The predicted octanol–water partition coefficient (Wildman–Crippen LogP) is 1.86. The van der Waals surface area contributed by atoms with E-state index in [-0.39, 0.29) is 0 Å². The van der Waals surface area contributed by atoms with Crippen LogP contribution in [0.3, 0.4) is 0 Å². The molecule has 0 aliphatic carbocycles. The lowest BCUT2D eigenvalue weighted by molar-refractivity contribution is -0.670. The van der Waals surface area contributed by atoms with Gasteiger partial charge >= 0.3 is 0 Å². The molecular formula is C18H19N4+. The number of amidine groups is 1. The molecule has 0 bridgehead atoms. The molecule has 3 heterocycles. The van der Waals surface area contributed by atoms with Crippen molar-refractivity contribution in [2.45, 2.75) is 6.54 Å². The minimum Gasteiger partial charge on any atom is -0.368 e. The van der Waals surface area contributed by atoms with Crippen LogP contribution >= 0.6 is 0 Å². The van der Waals surface area contributed by atoms with E-state index < -0.39 is 0 Å². The van der Waals surface area contributed by atoms with E-state index in [2.05, 4.69) is 81.5 Å². The zero-order valence-corrected chi connectivity index (χ0v) is 12.7. The van der Waals surface area contributed by atoms with Crippen molar-refractivity contribution in [1.82, 2.24) is 9.88 Å². The minimum absolute atomic E-state index is 0.879. The van der Waals surface area contributed by atoms with Gasteiger partial charge in [0.25, 0.3) is 0 Å². The van der Waals surface area contributed by atoms with Gasteiger partial charge in [0.05, 0.1) is 17.4 Å². The zero-order chi connectivity index (χ0) is 14.9. The first-order chi connectivity index (χ1) is 10.8. The maximum atomic E-state index is 4.46. The van der Waals surface area contributed by atoms with E-state index in [9.17, 15) is 0 Å². The number of pyridine rings is 1. The summed E-state index contributed by atoms with van der Waals surface area (Å²) in [5, 5.41) is 4.58. The molecule has 4 rings (SSSR count). The van der Waals surface area contributed by atoms with Crippen molar-refractivity contribution in [3.8, 4) is 0 Å². The summed E-state index contributed by atoms with van der Waals surface area (Å²) >= 11 is 0. The summed E-state index contributed by atoms with van der Waals surface area (Å²) in [6, 6.07) is 13.0. The number of nitrogens with one attached hydrogen (secondary N) is 1. The van der Waals surface area contributed by atoms with Crippen LogP contribution in [0.5, 0.6) is 0 Å². The van der Waals surface area contributed by atoms with Gasteiger partial charge in [-0.1, -0.05) is 24.3 Å². The Hall–Kier alpha value is -2.62. The topological polar surface area (TPSA) is 33.2 Å². The molecule has 0 radical (unpaired) electrons. The summed E-state index contributed by atoms with van der Waals surface area (Å²) in [7, 11) is 2.05. The Morgan fingerprint density at radius 2 is 2.05 bits per heavy atom. The van der Waals surface area contributed by atoms with Crippen molar-refractivity contribution in [2.24, 2.45) is 12.0 Å². The molecule has 0 saturated heterocycles. The number of nitrogens with zero attached hydrogens (tertiary/aromatic N) is 3. The molecule has 1 aliphatic heterocycles. The van der Waals surface area contributed by atoms with Gasteiger partial charge in [-0.15, -0.1) is 0 Å². The Morgan fingerprint density at radius 1 is 1.18 bits per heavy atom. The van der Waals surface area contributed by atoms with Crippen molar-refractivity contribution in [2.75, 3.05) is 13.1 Å². The summed E-state index contributed by atoms with van der Waals surface area (Å²) in [6.45, 7) is 2.71. The first kappa shape index (κ1) is 13.1. The van der Waals surface area contributed by atoms with Gasteiger partial charge in [0, 0.05) is 30.9 Å². The molecule has 1 aliphatic rings. The van der Waals surface area contributed by atoms with E-state index in [4.69, 9.17) is 0 Å². The first-order valence-electron chi connectivity index (χ1n) is 7.61. The van der Waals surface area contributed by atoms with Gasteiger partial charge in [-0.25, -0.2) is 4.57 Å². The second-order valence-corrected chi connectivity index (χ2v) is 5.75. The summed E-state index contributed by atoms with van der Waals surface area (Å²) < 4.78 is 4.37. The van der Waals surface area contributed by atoms with Crippen molar-refractivity contribution >= 4 is 16.7 Å². The molecule has 4 heteroatoms. The lowest BCUT2D eigenvalue weighted by Crippen LogP contribution is -2.25. The number of hydrogen-bond acceptors (Lipinski definition) is 2. The van der Waals surface area contributed by atoms with Gasteiger partial charge < -0.3 is 9.88 Å². The number of aromatic nitrogens is 2. The second-order valence-electron chi connectivity index (χ2n) is 5.75. The van der Waals surface area contributed by atoms with Crippen LogP contribution in [-0.4, -0.2) is 23.5 Å². The molecule has 1 aromatic carbocycles. The normalized spacial score (nSPS) is 14.1. The SMILES string of the molecule is C[n+]1ccc2c(ccn2Cc2ccc(C3=NCCN3)cc2)c1. The maximum Gasteiger partial charge on any atom is 0.177 e. The molecule has 0 saturated carbocycles. The van der Waals surface area contributed by atoms with Crippen LogP contribution in [0.15, 0.2) is 60.0 Å². The van der Waals surface area contributed by atoms with Crippen LogP contribution in [0.2, 0.25) is 0 Å². The number of hydrogen-bond donors (Lipinski definition) is 1. The highest BCUT2D eigenvalue weighted by Gasteiger charge is 2.08. The fourth-order valence-electron chi connectivity index (χ4n) is 2.95. The van der Waals surface area contributed by atoms with Crippen LogP contribution in [-0.2, 0) is 13.6 Å². The molecule has 0 unspecified atom stereocenters. The Balaban J connectivity index is 1.59. The molecule has 0 fully saturated rings. The monoisotopic (exact) mass is 291 g/mol. The van der Waals surface area contributed by atoms with Crippen LogP contribution in [0, 0.1) is 0 Å². The highest BCUT2D eigenvalue weighted by molar-refractivity contribution is 5.99. The fraction of sp³-hybridized carbons (Fsp3) is 0.222. The Morgan fingerprint density at radius 3 is 2.82 bits per heavy atom. The highest BCUT2D eigenvalue weighted by Crippen LogP contribution is 2.16. The van der Waals surface area contributed by atoms with Gasteiger partial charge in [-0.05, 0) is 11.6 Å². The zero-order valence-electron chi connectivity index (χ0n) is 12.7. The highest BCUT2D eigenvalue weighted by atomic mass is 15.1. The standard InChI is InChI=1S/C18H19N4/c1-21-10-7-17-16(13-21)6-11-22(17)12-14-2-4-15(5-3-14)18-19-8-9-20-18/h2-7,10-11,13H,8-9,12H2,1H3,(H,19,20)/q+1. The van der Waals surface area contributed by atoms with E-state index >= 15 is 0 Å². The Bertz CT molecular complexity index is 843. The van der Waals surface area contributed by atoms with Gasteiger partial charge in [-0.2, -0.15) is 0 Å². The summed E-state index contributed by atoms with van der Waals surface area (Å²) in [5.74, 6) is 1.02. The molecule has 4 nitrogen and oxygen atoms in total. The summed E-state index contributed by atoms with van der Waals surface area (Å²) in [4.78, 5) is 4.46. The first-order valence-corrected chi connectivity index (χ1v) is 7.61. The Kier molecular flexibility index (Phi) is 3.15. The van der Waals surface area contributed by atoms with E-state index in [1.54, 1.807) is 0 Å². The smallest absolute Gasteiger partial charge is 0.177 e. The predicted molar refractivity (Wildman–Crippen MR) is 88.1 cm³/mol. The van der Waals surface area contributed by atoms with Gasteiger partial charge in [0.2, 0.25) is 0 Å². The van der Waals surface area contributed by atoms with E-state index in [1.165, 1.54) is 22.0 Å². The quantitative estimate of drug-likeness (QED) is 0.734. The molecule has 3 aromatic rings. The fourth-order valence-corrected chi connectivity index (χ4v) is 2.95. The average molecular weight is 291 g/mol. The van der Waals surface area contributed by atoms with Gasteiger partial charge in [0.1, 0.15) is 12.9 Å². The molecule has 22 heavy (non-hydrogen) atoms. The molecule has 0 atom stereocenters. The van der Waals surface area contributed by atoms with Crippen molar-refractivity contribution in [3.63, 3.8) is 0 Å². The number of benzene rings is 1. The van der Waals surface area contributed by atoms with Crippen LogP contribution in [0.4, 0.5) is 0 Å². The van der Waals surface area contributed by atoms with Crippen LogP contribution in [0.1, 0.15) is 11.1 Å². The molecule has 0 spiro atoms. The van der Waals surface area contributed by atoms with Gasteiger partial charge in [-0.3, -0.25) is 4.99 Å². The molecule has 0 amide bonds. The second kappa shape index (κ2) is 5.30. The lowest BCUT2D eigenvalue weighted by atomic mass is 10.1. The van der Waals surface area contributed by atoms with E-state index in [0.29, 0.717) is 0 Å². The van der Waals surface area contributed by atoms with E-state index in [1.807, 2.05) is 0 Å². The third kappa shape index (κ3) is 2.37. The minimum atomic E-state index is 0.879. The van der Waals surface area contributed by atoms with Gasteiger partial charge in [0.15, 0.2) is 12.4 Å². The largest absolute Gasteiger partial charge is 0.368 e. The Labute approximate surface area is 129 Å². The van der Waals surface area contributed by atoms with E-state index in [0.717, 1.165) is 25.5 Å². The van der Waals surface area contributed by atoms with Crippen LogP contribution in [0.25, 0.3) is 10.9 Å². The van der Waals surface area contributed by atoms with Crippen molar-refractivity contribution < 1.29 is 4.57 Å². The summed E-state index contributed by atoms with van der Waals surface area (Å²) in [6.07, 6.45) is 6.39. The van der Waals surface area contributed by atoms with Crippen molar-refractivity contribution in [3.05, 3.63) is 66.1 Å². The van der Waals surface area contributed by atoms with Crippen molar-refractivity contribution in [1.29, 1.82) is 0 Å². The lowest BCUT2D eigenvalue weighted by Gasteiger charge is -2.07. The molecular weight excluding hydrogens is 272 g/mol. The summed E-state index contributed by atoms with van der Waals surface area (Å²) in [5.41, 5.74) is 3.74. The maximum absolute atomic E-state index is 4.46. The number of aryl methyl sites for hydroxylation is 1. The molecule has 2 aromatic heterocycles. The average Bonchev–Trinajstić information content (AvgIpc) is 3.18. The van der Waals surface area contributed by atoms with Crippen LogP contribution < -0.4 is 9.88 Å². The number of fused-ring (bicyclic) bond motifs is 1. The third-order valence-corrected chi connectivity index (χ3v) is 4.10. The third-order valence-electron chi connectivity index (χ3n) is 4.10. The molecule has 110 valence electrons. The number of rotatable bonds is 3. The molecule has 1 N–H and O–H groups in total. The number of aliphatic imine (C=N–C) groups is 1.